The van der Waals surface area contributed by atoms with Crippen molar-refractivity contribution < 1.29 is 23.1 Å². The Balaban J connectivity index is 3.18. The minimum Gasteiger partial charge on any atom is -0.480 e. The Morgan fingerprint density at radius 2 is 1.81 bits per heavy atom. The average Bonchev–Trinajstić information content (AvgIpc) is 2.10. The zero-order valence-corrected chi connectivity index (χ0v) is 10.4. The van der Waals surface area contributed by atoms with E-state index in [0.717, 1.165) is 0 Å². The molecule has 1 heterocycles. The molecule has 6 nitrogen and oxygen atoms in total. The number of amides is 1. The van der Waals surface area contributed by atoms with Crippen molar-refractivity contribution in [1.29, 1.82) is 0 Å². The van der Waals surface area contributed by atoms with Gasteiger partial charge >= 0.3 is 5.97 Å². The highest BCUT2D eigenvalue weighted by molar-refractivity contribution is 7.94. The quantitative estimate of drug-likeness (QED) is 0.762. The minimum atomic E-state index is -3.84. The van der Waals surface area contributed by atoms with E-state index >= 15 is 0 Å². The first kappa shape index (κ1) is 13.0. The number of aliphatic carboxylic acids is 1. The van der Waals surface area contributed by atoms with Crippen LogP contribution in [0.4, 0.5) is 0 Å². The van der Waals surface area contributed by atoms with Gasteiger partial charge in [0.1, 0.15) is 6.04 Å². The number of rotatable bonds is 3. The molecule has 0 aliphatic carbocycles. The van der Waals surface area contributed by atoms with Crippen molar-refractivity contribution in [2.24, 2.45) is 5.92 Å². The van der Waals surface area contributed by atoms with Crippen molar-refractivity contribution >= 4 is 21.9 Å². The second-order valence-electron chi connectivity index (χ2n) is 4.64. The molecule has 1 N–H and O–H groups in total. The van der Waals surface area contributed by atoms with E-state index in [1.807, 2.05) is 0 Å². The fourth-order valence-corrected chi connectivity index (χ4v) is 3.38. The summed E-state index contributed by atoms with van der Waals surface area (Å²) in [5.41, 5.74) is 0. The lowest BCUT2D eigenvalue weighted by atomic mass is 10.0. The molecule has 1 amide bonds. The predicted molar refractivity (Wildman–Crippen MR) is 56.1 cm³/mol. The van der Waals surface area contributed by atoms with Crippen molar-refractivity contribution in [2.75, 3.05) is 0 Å². The van der Waals surface area contributed by atoms with Crippen LogP contribution < -0.4 is 0 Å². The second kappa shape index (κ2) is 3.44. The lowest BCUT2D eigenvalue weighted by Gasteiger charge is -2.46. The van der Waals surface area contributed by atoms with Crippen molar-refractivity contribution in [1.82, 2.24) is 4.31 Å². The number of carboxylic acids is 1. The lowest BCUT2D eigenvalue weighted by Crippen LogP contribution is -2.71. The highest BCUT2D eigenvalue weighted by Gasteiger charge is 2.63. The summed E-state index contributed by atoms with van der Waals surface area (Å²) in [7, 11) is -3.84. The molecular weight excluding hydrogens is 234 g/mol. The van der Waals surface area contributed by atoms with Gasteiger partial charge in [-0.3, -0.25) is 4.79 Å². The summed E-state index contributed by atoms with van der Waals surface area (Å²) in [4.78, 5) is 22.6. The van der Waals surface area contributed by atoms with Crippen LogP contribution in [0.1, 0.15) is 27.7 Å². The van der Waals surface area contributed by atoms with Gasteiger partial charge in [0.2, 0.25) is 0 Å². The maximum Gasteiger partial charge on any atom is 0.327 e. The fourth-order valence-electron chi connectivity index (χ4n) is 1.62. The van der Waals surface area contributed by atoms with E-state index < -0.39 is 38.6 Å². The van der Waals surface area contributed by atoms with Gasteiger partial charge < -0.3 is 5.11 Å². The lowest BCUT2D eigenvalue weighted by molar-refractivity contribution is -0.150. The van der Waals surface area contributed by atoms with Gasteiger partial charge in [0.05, 0.1) is 0 Å². The summed E-state index contributed by atoms with van der Waals surface area (Å²) in [5, 5.41) is 8.94. The van der Waals surface area contributed by atoms with Crippen molar-refractivity contribution in [2.45, 2.75) is 38.5 Å². The predicted octanol–water partition coefficient (Wildman–Crippen LogP) is 0.0462. The maximum absolute atomic E-state index is 11.8. The molecule has 0 bridgehead atoms. The number of hydrogen-bond donors (Lipinski definition) is 1. The molecule has 1 saturated heterocycles. The molecule has 1 aliphatic rings. The number of carbonyl (C=O) groups is 2. The van der Waals surface area contributed by atoms with E-state index in [9.17, 15) is 18.0 Å². The van der Waals surface area contributed by atoms with Gasteiger partial charge in [-0.1, -0.05) is 13.8 Å². The number of nitrogens with zero attached hydrogens (tertiary/aromatic N) is 1. The van der Waals surface area contributed by atoms with Crippen LogP contribution in [0.5, 0.6) is 0 Å². The molecule has 16 heavy (non-hydrogen) atoms. The molecule has 1 aliphatic heterocycles. The minimum absolute atomic E-state index is 0.465. The highest BCUT2D eigenvalue weighted by Crippen LogP contribution is 2.38. The van der Waals surface area contributed by atoms with Crippen LogP contribution >= 0.6 is 0 Å². The van der Waals surface area contributed by atoms with Crippen LogP contribution in [0.25, 0.3) is 0 Å². The largest absolute Gasteiger partial charge is 0.480 e. The Kier molecular flexibility index (Phi) is 2.79. The topological polar surface area (TPSA) is 91.8 Å². The Labute approximate surface area is 94.3 Å². The van der Waals surface area contributed by atoms with Gasteiger partial charge in [-0.25, -0.2) is 17.5 Å². The maximum atomic E-state index is 11.8. The summed E-state index contributed by atoms with van der Waals surface area (Å²) < 4.78 is 22.5. The molecule has 1 unspecified atom stereocenters. The molecule has 1 fully saturated rings. The molecule has 0 aromatic carbocycles. The van der Waals surface area contributed by atoms with E-state index in [0.29, 0.717) is 4.31 Å². The van der Waals surface area contributed by atoms with Gasteiger partial charge in [0, 0.05) is 0 Å². The summed E-state index contributed by atoms with van der Waals surface area (Å²) in [6.45, 7) is 5.68. The molecule has 7 heteroatoms. The van der Waals surface area contributed by atoms with Crippen LogP contribution in [0.3, 0.4) is 0 Å². The number of sulfonamides is 1. The standard InChI is InChI=1S/C9H15NO5S/c1-5(2)6(7(11)12)10-8(13)9(3,4)16(10,14)15/h5-6H,1-4H3,(H,11,12). The van der Waals surface area contributed by atoms with E-state index in [4.69, 9.17) is 5.11 Å². The number of carboxylic acid groups (broad SMARTS) is 1. The third kappa shape index (κ3) is 1.41. The van der Waals surface area contributed by atoms with Gasteiger partial charge in [-0.2, -0.15) is 0 Å². The molecule has 1 atom stereocenters. The van der Waals surface area contributed by atoms with E-state index in [2.05, 4.69) is 0 Å². The third-order valence-electron chi connectivity index (χ3n) is 2.76. The van der Waals surface area contributed by atoms with Crippen LogP contribution in [0.2, 0.25) is 0 Å². The number of hydrogen-bond acceptors (Lipinski definition) is 4. The second-order valence-corrected chi connectivity index (χ2v) is 7.01. The van der Waals surface area contributed by atoms with Crippen LogP contribution in [-0.4, -0.2) is 40.5 Å². The van der Waals surface area contributed by atoms with Crippen LogP contribution in [-0.2, 0) is 19.6 Å². The monoisotopic (exact) mass is 249 g/mol. The Hall–Kier alpha value is -1.11. The third-order valence-corrected chi connectivity index (χ3v) is 5.13. The molecule has 92 valence electrons. The zero-order valence-electron chi connectivity index (χ0n) is 9.59. The molecule has 0 aromatic heterocycles. The van der Waals surface area contributed by atoms with Gasteiger partial charge in [0.15, 0.2) is 4.75 Å². The molecular formula is C9H15NO5S. The average molecular weight is 249 g/mol. The fraction of sp³-hybridized carbons (Fsp3) is 0.778. The van der Waals surface area contributed by atoms with Crippen LogP contribution in [0, 0.1) is 5.92 Å². The smallest absolute Gasteiger partial charge is 0.327 e. The van der Waals surface area contributed by atoms with Gasteiger partial charge in [-0.15, -0.1) is 0 Å². The molecule has 0 radical (unpaired) electrons. The first-order valence-electron chi connectivity index (χ1n) is 4.86. The van der Waals surface area contributed by atoms with E-state index in [1.54, 1.807) is 13.8 Å². The summed E-state index contributed by atoms with van der Waals surface area (Å²) >= 11 is 0. The van der Waals surface area contributed by atoms with E-state index in [-0.39, 0.29) is 0 Å². The van der Waals surface area contributed by atoms with Crippen molar-refractivity contribution in [3.05, 3.63) is 0 Å². The van der Waals surface area contributed by atoms with Crippen molar-refractivity contribution in [3.8, 4) is 0 Å². The van der Waals surface area contributed by atoms with E-state index in [1.165, 1.54) is 13.8 Å². The Morgan fingerprint density at radius 3 is 2.06 bits per heavy atom. The number of carbonyl (C=O) groups excluding carboxylic acids is 1. The highest BCUT2D eigenvalue weighted by atomic mass is 32.2. The first-order chi connectivity index (χ1) is 7.05. The summed E-state index contributed by atoms with van der Waals surface area (Å²) in [6, 6.07) is -1.31. The van der Waals surface area contributed by atoms with Gasteiger partial charge in [-0.05, 0) is 19.8 Å². The van der Waals surface area contributed by atoms with Gasteiger partial charge in [0.25, 0.3) is 15.9 Å². The zero-order chi connectivity index (χ0) is 12.9. The molecule has 0 spiro atoms. The SMILES string of the molecule is CC(C)C(C(=O)O)N1C(=O)C(C)(C)S1(=O)=O. The Bertz CT molecular complexity index is 437. The summed E-state index contributed by atoms with van der Waals surface area (Å²) in [6.07, 6.45) is 0. The molecule has 1 rings (SSSR count). The van der Waals surface area contributed by atoms with Crippen LogP contribution in [0.15, 0.2) is 0 Å². The van der Waals surface area contributed by atoms with Crippen molar-refractivity contribution in [3.63, 3.8) is 0 Å². The molecule has 0 aromatic rings. The molecule has 0 saturated carbocycles. The normalized spacial score (nSPS) is 24.1. The summed E-state index contributed by atoms with van der Waals surface area (Å²) in [5.74, 6) is -2.43. The Morgan fingerprint density at radius 1 is 1.38 bits per heavy atom. The first-order valence-corrected chi connectivity index (χ1v) is 6.30.